The Morgan fingerprint density at radius 3 is 2.57 bits per heavy atom. The Morgan fingerprint density at radius 1 is 1.19 bits per heavy atom. The van der Waals surface area contributed by atoms with E-state index in [9.17, 15) is 9.90 Å². The Bertz CT molecular complexity index is 598. The molecule has 1 unspecified atom stereocenters. The molecule has 0 aliphatic rings. The van der Waals surface area contributed by atoms with E-state index in [1.807, 2.05) is 36.4 Å². The number of hydrogen-bond donors (Lipinski definition) is 1. The molecule has 0 saturated heterocycles. The Hall–Kier alpha value is -2.33. The second-order valence-corrected chi connectivity index (χ2v) is 4.84. The molecule has 110 valence electrons. The van der Waals surface area contributed by atoms with E-state index in [4.69, 9.17) is 4.74 Å². The summed E-state index contributed by atoms with van der Waals surface area (Å²) in [4.78, 5) is 13.7. The highest BCUT2D eigenvalue weighted by Crippen LogP contribution is 2.20. The zero-order chi connectivity index (χ0) is 15.2. The van der Waals surface area contributed by atoms with Crippen LogP contribution < -0.4 is 4.74 Å². The van der Waals surface area contributed by atoms with Crippen molar-refractivity contribution in [1.29, 1.82) is 0 Å². The van der Waals surface area contributed by atoms with Crippen molar-refractivity contribution < 1.29 is 14.6 Å². The Balaban J connectivity index is 2.04. The minimum atomic E-state index is -0.752. The van der Waals surface area contributed by atoms with E-state index < -0.39 is 6.10 Å². The number of carbonyl (C=O) groups excluding carboxylic acids is 1. The van der Waals surface area contributed by atoms with Gasteiger partial charge in [0.25, 0.3) is 5.91 Å². The molecule has 0 fully saturated rings. The van der Waals surface area contributed by atoms with Gasteiger partial charge in [0, 0.05) is 12.6 Å². The van der Waals surface area contributed by atoms with Crippen molar-refractivity contribution in [3.63, 3.8) is 0 Å². The molecule has 0 aliphatic heterocycles. The van der Waals surface area contributed by atoms with Gasteiger partial charge in [-0.25, -0.2) is 0 Å². The number of likely N-dealkylation sites (N-methyl/N-ethyl adjacent to an activating group) is 1. The van der Waals surface area contributed by atoms with Gasteiger partial charge in [-0.05, 0) is 29.8 Å². The fraction of sp³-hybridized carbons (Fsp3) is 0.235. The van der Waals surface area contributed by atoms with E-state index in [1.165, 1.54) is 4.90 Å². The average molecular weight is 285 g/mol. The number of amides is 1. The fourth-order valence-electron chi connectivity index (χ4n) is 2.10. The summed E-state index contributed by atoms with van der Waals surface area (Å²) in [5.74, 6) is 0.570. The van der Waals surface area contributed by atoms with Gasteiger partial charge >= 0.3 is 0 Å². The summed E-state index contributed by atoms with van der Waals surface area (Å²) in [5.41, 5.74) is 1.33. The molecular formula is C17H19NO3. The van der Waals surface area contributed by atoms with Crippen molar-refractivity contribution in [3.8, 4) is 5.75 Å². The molecule has 1 atom stereocenters. The Labute approximate surface area is 124 Å². The van der Waals surface area contributed by atoms with Gasteiger partial charge in [-0.2, -0.15) is 0 Å². The maximum Gasteiger partial charge on any atom is 0.253 e. The highest BCUT2D eigenvalue weighted by molar-refractivity contribution is 5.94. The molecule has 0 spiro atoms. The van der Waals surface area contributed by atoms with Crippen LogP contribution in [0.25, 0.3) is 0 Å². The Kier molecular flexibility index (Phi) is 4.95. The van der Waals surface area contributed by atoms with Crippen LogP contribution in [0.15, 0.2) is 54.6 Å². The lowest BCUT2D eigenvalue weighted by molar-refractivity contribution is 0.0681. The van der Waals surface area contributed by atoms with Gasteiger partial charge in [-0.3, -0.25) is 4.79 Å². The molecule has 0 radical (unpaired) electrons. The second kappa shape index (κ2) is 6.90. The zero-order valence-electron chi connectivity index (χ0n) is 12.2. The number of carbonyl (C=O) groups is 1. The van der Waals surface area contributed by atoms with E-state index in [0.29, 0.717) is 11.3 Å². The maximum absolute atomic E-state index is 12.2. The van der Waals surface area contributed by atoms with Crippen molar-refractivity contribution >= 4 is 5.91 Å². The molecule has 4 heteroatoms. The van der Waals surface area contributed by atoms with Crippen molar-refractivity contribution in [2.75, 3.05) is 20.7 Å². The highest BCUT2D eigenvalue weighted by atomic mass is 16.5. The molecule has 2 aromatic carbocycles. The second-order valence-electron chi connectivity index (χ2n) is 4.84. The molecule has 21 heavy (non-hydrogen) atoms. The van der Waals surface area contributed by atoms with Crippen molar-refractivity contribution in [2.45, 2.75) is 6.10 Å². The molecule has 1 N–H and O–H groups in total. The summed E-state index contributed by atoms with van der Waals surface area (Å²) in [6.07, 6.45) is -0.752. The van der Waals surface area contributed by atoms with Crippen LogP contribution in [0.2, 0.25) is 0 Å². The molecule has 0 saturated carbocycles. The Morgan fingerprint density at radius 2 is 1.90 bits per heavy atom. The molecule has 4 nitrogen and oxygen atoms in total. The van der Waals surface area contributed by atoms with Gasteiger partial charge in [-0.15, -0.1) is 0 Å². The van der Waals surface area contributed by atoms with Crippen LogP contribution in [-0.2, 0) is 0 Å². The summed E-state index contributed by atoms with van der Waals surface area (Å²) in [6.45, 7) is 0.223. The number of methoxy groups -OCH3 is 1. The number of rotatable bonds is 5. The molecule has 1 amide bonds. The minimum Gasteiger partial charge on any atom is -0.497 e. The molecule has 0 bridgehead atoms. The third-order valence-corrected chi connectivity index (χ3v) is 3.29. The van der Waals surface area contributed by atoms with Crippen molar-refractivity contribution in [2.24, 2.45) is 0 Å². The lowest BCUT2D eigenvalue weighted by Gasteiger charge is -2.21. The van der Waals surface area contributed by atoms with Crippen molar-refractivity contribution in [3.05, 3.63) is 65.7 Å². The predicted molar refractivity (Wildman–Crippen MR) is 81.4 cm³/mol. The standard InChI is InChI=1S/C17H19NO3/c1-18(17(20)13-7-4-3-5-8-13)12-16(19)14-9-6-10-15(11-14)21-2/h3-11,16,19H,12H2,1-2H3. The van der Waals surface area contributed by atoms with E-state index in [0.717, 1.165) is 5.56 Å². The zero-order valence-corrected chi connectivity index (χ0v) is 12.2. The fourth-order valence-corrected chi connectivity index (χ4v) is 2.10. The molecule has 2 aromatic rings. The quantitative estimate of drug-likeness (QED) is 0.918. The third-order valence-electron chi connectivity index (χ3n) is 3.29. The van der Waals surface area contributed by atoms with Crippen LogP contribution in [-0.4, -0.2) is 36.6 Å². The van der Waals surface area contributed by atoms with Crippen molar-refractivity contribution in [1.82, 2.24) is 4.90 Å². The average Bonchev–Trinajstić information content (AvgIpc) is 2.54. The van der Waals surface area contributed by atoms with Crippen LogP contribution in [0.4, 0.5) is 0 Å². The highest BCUT2D eigenvalue weighted by Gasteiger charge is 2.16. The summed E-state index contributed by atoms with van der Waals surface area (Å²) in [7, 11) is 3.26. The smallest absolute Gasteiger partial charge is 0.253 e. The van der Waals surface area contributed by atoms with Gasteiger partial charge in [0.15, 0.2) is 0 Å². The number of aliphatic hydroxyl groups is 1. The summed E-state index contributed by atoms with van der Waals surface area (Å²) < 4.78 is 5.14. The van der Waals surface area contributed by atoms with Crippen LogP contribution in [0.1, 0.15) is 22.0 Å². The number of benzene rings is 2. The lowest BCUT2D eigenvalue weighted by Crippen LogP contribution is -2.31. The number of hydrogen-bond acceptors (Lipinski definition) is 3. The predicted octanol–water partition coefficient (Wildman–Crippen LogP) is 2.50. The van der Waals surface area contributed by atoms with Gasteiger partial charge in [0.1, 0.15) is 5.75 Å². The third kappa shape index (κ3) is 3.83. The van der Waals surface area contributed by atoms with Gasteiger partial charge in [0.2, 0.25) is 0 Å². The number of nitrogens with zero attached hydrogens (tertiary/aromatic N) is 1. The largest absolute Gasteiger partial charge is 0.497 e. The summed E-state index contributed by atoms with van der Waals surface area (Å²) in [6, 6.07) is 16.2. The molecule has 0 heterocycles. The van der Waals surface area contributed by atoms with Crippen LogP contribution in [0.5, 0.6) is 5.75 Å². The van der Waals surface area contributed by atoms with Crippen LogP contribution in [0.3, 0.4) is 0 Å². The molecule has 0 aromatic heterocycles. The molecule has 0 aliphatic carbocycles. The van der Waals surface area contributed by atoms with E-state index in [-0.39, 0.29) is 12.5 Å². The topological polar surface area (TPSA) is 49.8 Å². The monoisotopic (exact) mass is 285 g/mol. The van der Waals surface area contributed by atoms with Gasteiger partial charge in [0.05, 0.1) is 19.8 Å². The summed E-state index contributed by atoms with van der Waals surface area (Å²) >= 11 is 0. The molecular weight excluding hydrogens is 266 g/mol. The maximum atomic E-state index is 12.2. The van der Waals surface area contributed by atoms with Gasteiger partial charge < -0.3 is 14.7 Å². The van der Waals surface area contributed by atoms with Crippen LogP contribution in [0, 0.1) is 0 Å². The first-order valence-electron chi connectivity index (χ1n) is 6.74. The summed E-state index contributed by atoms with van der Waals surface area (Å²) in [5, 5.41) is 10.3. The van der Waals surface area contributed by atoms with E-state index >= 15 is 0 Å². The molecule has 2 rings (SSSR count). The first kappa shape index (κ1) is 15.1. The number of aliphatic hydroxyl groups excluding tert-OH is 1. The first-order chi connectivity index (χ1) is 10.1. The van der Waals surface area contributed by atoms with Crippen LogP contribution >= 0.6 is 0 Å². The normalized spacial score (nSPS) is 11.8. The van der Waals surface area contributed by atoms with E-state index in [1.54, 1.807) is 32.4 Å². The number of ether oxygens (including phenoxy) is 1. The lowest BCUT2D eigenvalue weighted by atomic mass is 10.1. The SMILES string of the molecule is COc1cccc(C(O)CN(C)C(=O)c2ccccc2)c1. The minimum absolute atomic E-state index is 0.113. The van der Waals surface area contributed by atoms with E-state index in [2.05, 4.69) is 0 Å². The first-order valence-corrected chi connectivity index (χ1v) is 6.74. The van der Waals surface area contributed by atoms with Gasteiger partial charge in [-0.1, -0.05) is 30.3 Å².